The zero-order chi connectivity index (χ0) is 42.6. The van der Waals surface area contributed by atoms with Gasteiger partial charge in [-0.25, -0.2) is 10.4 Å². The average Bonchev–Trinajstić information content (AvgIpc) is 3.94. The van der Waals surface area contributed by atoms with E-state index in [2.05, 4.69) is 89.4 Å². The second-order valence-electron chi connectivity index (χ2n) is 18.9. The largest absolute Gasteiger partial charge is 0.464 e. The molecule has 0 unspecified atom stereocenters. The minimum absolute atomic E-state index is 0.0969. The topological polar surface area (TPSA) is 134 Å². The van der Waals surface area contributed by atoms with E-state index in [1.54, 1.807) is 7.11 Å². The third-order valence-corrected chi connectivity index (χ3v) is 14.8. The Bertz CT molecular complexity index is 2290. The van der Waals surface area contributed by atoms with Crippen LogP contribution < -0.4 is 15.6 Å². The molecule has 3 aromatic heterocycles. The van der Waals surface area contributed by atoms with Crippen LogP contribution in [0.5, 0.6) is 0 Å². The van der Waals surface area contributed by atoms with Crippen molar-refractivity contribution in [2.75, 3.05) is 51.3 Å². The van der Waals surface area contributed by atoms with E-state index in [1.165, 1.54) is 34.8 Å². The van der Waals surface area contributed by atoms with Gasteiger partial charge in [0.1, 0.15) is 12.1 Å². The van der Waals surface area contributed by atoms with Crippen molar-refractivity contribution in [1.29, 1.82) is 0 Å². The Labute approximate surface area is 363 Å². The number of esters is 1. The fourth-order valence-electron chi connectivity index (χ4n) is 9.89. The fourth-order valence-corrected chi connectivity index (χ4v) is 10.7. The maximum atomic E-state index is 14.2. The third-order valence-electron chi connectivity index (χ3n) is 13.9. The Kier molecular flexibility index (Phi) is 11.7. The molecule has 2 aliphatic carbocycles. The van der Waals surface area contributed by atoms with Crippen molar-refractivity contribution in [3.05, 3.63) is 52.1 Å². The van der Waals surface area contributed by atoms with Crippen molar-refractivity contribution in [2.24, 2.45) is 17.3 Å². The van der Waals surface area contributed by atoms with E-state index in [9.17, 15) is 14.4 Å². The number of carbonyl (C=O) groups is 3. The van der Waals surface area contributed by atoms with Crippen molar-refractivity contribution in [3.63, 3.8) is 0 Å². The number of rotatable bonds is 8. The molecule has 2 amide bonds. The van der Waals surface area contributed by atoms with Gasteiger partial charge in [0.05, 0.1) is 46.7 Å². The lowest BCUT2D eigenvalue weighted by Crippen LogP contribution is -2.61. The third kappa shape index (κ3) is 8.45. The van der Waals surface area contributed by atoms with E-state index >= 15 is 0 Å². The summed E-state index contributed by atoms with van der Waals surface area (Å²) in [5.41, 5.74) is 11.0. The summed E-state index contributed by atoms with van der Waals surface area (Å²) in [7, 11) is 1.74. The van der Waals surface area contributed by atoms with Crippen LogP contribution in [0.1, 0.15) is 95.5 Å². The van der Waals surface area contributed by atoms with Gasteiger partial charge in [-0.1, -0.05) is 26.8 Å². The van der Waals surface area contributed by atoms with Crippen molar-refractivity contribution in [2.45, 2.75) is 117 Å². The molecule has 9 rings (SSSR count). The molecule has 2 N–H and O–H groups in total. The number of nitrogens with zero attached hydrogens (tertiary/aromatic N) is 6. The van der Waals surface area contributed by atoms with Gasteiger partial charge in [-0.05, 0) is 88.5 Å². The highest BCUT2D eigenvalue weighted by atomic mass is 32.1. The summed E-state index contributed by atoms with van der Waals surface area (Å²) >= 11 is 1.50. The summed E-state index contributed by atoms with van der Waals surface area (Å²) < 4.78 is 14.6. The Morgan fingerprint density at radius 2 is 1.89 bits per heavy atom. The number of cyclic esters (lactones) is 1. The molecule has 14 heteroatoms. The number of methoxy groups -OCH3 is 1. The van der Waals surface area contributed by atoms with Crippen LogP contribution in [0.3, 0.4) is 0 Å². The van der Waals surface area contributed by atoms with Gasteiger partial charge in [0.2, 0.25) is 5.91 Å². The zero-order valence-electron chi connectivity index (χ0n) is 36.7. The lowest BCUT2D eigenvalue weighted by atomic mass is 9.74. The summed E-state index contributed by atoms with van der Waals surface area (Å²) in [6.07, 6.45) is 8.29. The number of carbonyl (C=O) groups excluding carboxylic acids is 3. The first-order valence-corrected chi connectivity index (χ1v) is 23.5. The standard InChI is InChI=1S/C47H62N8O5S/c1-7-54-40-15-11-30-21-34(40)36(43(54)35-22-32(25-48-42(35)29(3)59-6)53-19-17-52(18-20-53)31-12-13-31)24-47(4,5)27-60-46(58)37-9-8-16-55(51-37)45(57)38(23-41-49-39(30)26-61-41)50-44(56)33-14-10-28(33)2/h11,15,21-22,25-26,28-29,31,33,37-38,51H,7-10,12-14,16-20,23-24,27H2,1-6H3,(H,50,56)/t28-,29+,33-,37+,38+/m1/s1. The molecular formula is C47H62N8O5S. The highest BCUT2D eigenvalue weighted by Gasteiger charge is 2.39. The SMILES string of the molecule is CCn1c(-c2cc(N3CCN(C4CC4)CC3)cnc2[C@H](C)OC)c2c3cc(ccc31)-c1csc(n1)C[C@H](NC(=O)[C@@H]1CC[C@H]1C)C(=O)N1CCC[C@H](N1)C(=O)OCC(C)(C)C2. The number of piperazine rings is 1. The van der Waals surface area contributed by atoms with Crippen molar-refractivity contribution in [1.82, 2.24) is 35.2 Å². The molecule has 0 spiro atoms. The summed E-state index contributed by atoms with van der Waals surface area (Å²) in [5, 5.41) is 8.55. The number of amides is 2. The number of aromatic nitrogens is 3. The van der Waals surface area contributed by atoms with Crippen LogP contribution in [-0.2, 0) is 43.2 Å². The van der Waals surface area contributed by atoms with Crippen molar-refractivity contribution < 1.29 is 23.9 Å². The Morgan fingerprint density at radius 1 is 1.08 bits per heavy atom. The van der Waals surface area contributed by atoms with Crippen LogP contribution >= 0.6 is 11.3 Å². The number of pyridine rings is 1. The molecule has 6 bridgehead atoms. The van der Waals surface area contributed by atoms with Gasteiger partial charge in [0, 0.05) is 97.6 Å². The lowest BCUT2D eigenvalue weighted by molar-refractivity contribution is -0.155. The second-order valence-corrected chi connectivity index (χ2v) is 19.8. The molecule has 0 radical (unpaired) electrons. The van der Waals surface area contributed by atoms with E-state index in [1.807, 2.05) is 6.20 Å². The van der Waals surface area contributed by atoms with Crippen LogP contribution in [0.15, 0.2) is 35.8 Å². The second kappa shape index (κ2) is 17.1. The molecule has 1 aromatic carbocycles. The molecular weight excluding hydrogens is 789 g/mol. The molecule has 326 valence electrons. The first kappa shape index (κ1) is 42.0. The van der Waals surface area contributed by atoms with Crippen LogP contribution in [0.25, 0.3) is 33.4 Å². The van der Waals surface area contributed by atoms with Gasteiger partial charge < -0.3 is 24.3 Å². The molecule has 4 aromatic rings. The van der Waals surface area contributed by atoms with E-state index in [-0.39, 0.29) is 48.8 Å². The van der Waals surface area contributed by atoms with Gasteiger partial charge >= 0.3 is 5.97 Å². The van der Waals surface area contributed by atoms with Crippen LogP contribution in [0, 0.1) is 17.3 Å². The van der Waals surface area contributed by atoms with E-state index < -0.39 is 17.5 Å². The molecule has 2 saturated carbocycles. The number of ether oxygens (including phenoxy) is 2. The smallest absolute Gasteiger partial charge is 0.324 e. The molecule has 3 aliphatic heterocycles. The predicted octanol–water partition coefficient (Wildman–Crippen LogP) is 6.53. The molecule has 2 saturated heterocycles. The summed E-state index contributed by atoms with van der Waals surface area (Å²) in [5.74, 6) is -0.571. The number of hydrogen-bond acceptors (Lipinski definition) is 11. The van der Waals surface area contributed by atoms with Gasteiger partial charge in [-0.3, -0.25) is 29.3 Å². The molecule has 61 heavy (non-hydrogen) atoms. The predicted molar refractivity (Wildman–Crippen MR) is 238 cm³/mol. The summed E-state index contributed by atoms with van der Waals surface area (Å²) in [6.45, 7) is 16.0. The minimum atomic E-state index is -0.829. The minimum Gasteiger partial charge on any atom is -0.464 e. The van der Waals surface area contributed by atoms with Crippen molar-refractivity contribution in [3.8, 4) is 22.5 Å². The van der Waals surface area contributed by atoms with E-state index in [0.717, 1.165) is 101 Å². The van der Waals surface area contributed by atoms with E-state index in [0.29, 0.717) is 25.8 Å². The number of hydrogen-bond donors (Lipinski definition) is 2. The number of nitrogens with one attached hydrogen (secondary N) is 2. The number of anilines is 1. The van der Waals surface area contributed by atoms with Crippen LogP contribution in [-0.4, -0.2) is 107 Å². The van der Waals surface area contributed by atoms with Gasteiger partial charge in [-0.15, -0.1) is 11.3 Å². The Hall–Kier alpha value is -4.37. The van der Waals surface area contributed by atoms with Gasteiger partial charge in [0.15, 0.2) is 0 Å². The Balaban J connectivity index is 1.15. The first-order valence-electron chi connectivity index (χ1n) is 22.6. The number of aryl methyl sites for hydroxylation is 1. The average molecular weight is 851 g/mol. The van der Waals surface area contributed by atoms with Gasteiger partial charge in [-0.2, -0.15) is 0 Å². The monoisotopic (exact) mass is 850 g/mol. The molecule has 5 aliphatic rings. The normalized spacial score (nSPS) is 25.5. The molecule has 6 heterocycles. The highest BCUT2D eigenvalue weighted by molar-refractivity contribution is 7.10. The number of thiazole rings is 1. The van der Waals surface area contributed by atoms with Crippen LogP contribution in [0.2, 0.25) is 0 Å². The first-order chi connectivity index (χ1) is 29.4. The molecule has 5 atom stereocenters. The van der Waals surface area contributed by atoms with E-state index in [4.69, 9.17) is 19.4 Å². The van der Waals surface area contributed by atoms with Crippen molar-refractivity contribution >= 4 is 45.7 Å². The summed E-state index contributed by atoms with van der Waals surface area (Å²) in [4.78, 5) is 57.0. The maximum Gasteiger partial charge on any atom is 0.324 e. The zero-order valence-corrected chi connectivity index (χ0v) is 37.5. The molecule has 13 nitrogen and oxygen atoms in total. The fraction of sp³-hybridized carbons (Fsp3) is 0.596. The Morgan fingerprint density at radius 3 is 2.59 bits per heavy atom. The number of fused-ring (bicyclic) bond motifs is 6. The van der Waals surface area contributed by atoms with Gasteiger partial charge in [0.25, 0.3) is 5.91 Å². The highest BCUT2D eigenvalue weighted by Crippen LogP contribution is 2.43. The number of benzene rings is 1. The number of hydrazine groups is 1. The molecule has 4 fully saturated rings. The summed E-state index contributed by atoms with van der Waals surface area (Å²) in [6, 6.07) is 8.17. The maximum absolute atomic E-state index is 14.2. The lowest BCUT2D eigenvalue weighted by Gasteiger charge is -2.37. The quantitative estimate of drug-likeness (QED) is 0.189. The van der Waals surface area contributed by atoms with Crippen LogP contribution in [0.4, 0.5) is 5.69 Å².